The number of carboxylic acid groups (broad SMARTS) is 2. The lowest BCUT2D eigenvalue weighted by molar-refractivity contribution is -0.159. The Bertz CT molecular complexity index is 857. The Morgan fingerprint density at radius 1 is 1.12 bits per heavy atom. The molecule has 0 radical (unpaired) electrons. The first kappa shape index (κ1) is 19.6. The molecule has 2 N–H and O–H groups in total. The number of carbonyl (C=O) groups is 2. The van der Waals surface area contributed by atoms with Crippen molar-refractivity contribution < 1.29 is 19.8 Å². The van der Waals surface area contributed by atoms with Crippen LogP contribution in [-0.2, 0) is 16.1 Å². The molecule has 0 spiro atoms. The zero-order valence-corrected chi connectivity index (χ0v) is 15.4. The van der Waals surface area contributed by atoms with Crippen LogP contribution in [0.15, 0.2) is 41.9 Å². The van der Waals surface area contributed by atoms with Crippen molar-refractivity contribution in [2.75, 3.05) is 13.1 Å². The molecule has 3 rings (SSSR count). The van der Waals surface area contributed by atoms with Crippen LogP contribution in [0.1, 0.15) is 19.5 Å². The van der Waals surface area contributed by atoms with Crippen LogP contribution in [0.3, 0.4) is 0 Å². The van der Waals surface area contributed by atoms with Crippen molar-refractivity contribution in [1.82, 2.24) is 14.3 Å². The van der Waals surface area contributed by atoms with Gasteiger partial charge in [-0.2, -0.15) is 0 Å². The number of rotatable bonds is 5. The molecule has 0 aliphatic carbocycles. The Hall–Kier alpha value is -2.71. The minimum absolute atomic E-state index is 0.940. The van der Waals surface area contributed by atoms with Crippen LogP contribution in [0, 0.1) is 0 Å². The second kappa shape index (κ2) is 9.12. The van der Waals surface area contributed by atoms with Gasteiger partial charge in [0.15, 0.2) is 4.96 Å². The van der Waals surface area contributed by atoms with E-state index in [1.54, 1.807) is 11.3 Å². The summed E-state index contributed by atoms with van der Waals surface area (Å²) >= 11 is 1.69. The van der Waals surface area contributed by atoms with E-state index in [0.29, 0.717) is 0 Å². The molecule has 0 unspecified atom stereocenters. The average Bonchev–Trinajstić information content (AvgIpc) is 3.22. The Morgan fingerprint density at radius 3 is 2.27 bits per heavy atom. The fourth-order valence-corrected chi connectivity index (χ4v) is 3.20. The van der Waals surface area contributed by atoms with Crippen molar-refractivity contribution in [1.29, 1.82) is 0 Å². The van der Waals surface area contributed by atoms with Gasteiger partial charge in [-0.05, 0) is 13.1 Å². The third kappa shape index (κ3) is 4.68. The Kier molecular flexibility index (Phi) is 6.88. The molecule has 0 saturated carbocycles. The van der Waals surface area contributed by atoms with E-state index in [9.17, 15) is 0 Å². The van der Waals surface area contributed by atoms with Gasteiger partial charge in [-0.25, -0.2) is 14.6 Å². The predicted molar refractivity (Wildman–Crippen MR) is 100 cm³/mol. The summed E-state index contributed by atoms with van der Waals surface area (Å²) in [6.07, 6.45) is 2.12. The van der Waals surface area contributed by atoms with Crippen LogP contribution in [0.2, 0.25) is 0 Å². The molecule has 1 aromatic carbocycles. The number of aromatic nitrogens is 2. The molecular weight excluding hydrogens is 354 g/mol. The number of aliphatic carboxylic acids is 2. The fraction of sp³-hybridized carbons (Fsp3) is 0.278. The summed E-state index contributed by atoms with van der Waals surface area (Å²) in [7, 11) is 0. The molecule has 26 heavy (non-hydrogen) atoms. The molecule has 0 aliphatic heterocycles. The monoisotopic (exact) mass is 375 g/mol. The summed E-state index contributed by atoms with van der Waals surface area (Å²) in [6.45, 7) is 7.47. The molecule has 0 fully saturated rings. The summed E-state index contributed by atoms with van der Waals surface area (Å²) in [5.41, 5.74) is 3.60. The molecule has 2 aromatic heterocycles. The number of hydrogen-bond donors (Lipinski definition) is 2. The minimum atomic E-state index is -1.82. The van der Waals surface area contributed by atoms with Gasteiger partial charge in [0, 0.05) is 23.7 Å². The third-order valence-electron chi connectivity index (χ3n) is 3.86. The van der Waals surface area contributed by atoms with Crippen LogP contribution >= 0.6 is 11.3 Å². The Labute approximate surface area is 155 Å². The lowest BCUT2D eigenvalue weighted by Gasteiger charge is -2.18. The lowest BCUT2D eigenvalue weighted by atomic mass is 10.1. The molecule has 138 valence electrons. The number of benzene rings is 1. The van der Waals surface area contributed by atoms with Crippen LogP contribution in [0.25, 0.3) is 16.2 Å². The van der Waals surface area contributed by atoms with E-state index >= 15 is 0 Å². The van der Waals surface area contributed by atoms with Crippen LogP contribution in [0.4, 0.5) is 0 Å². The van der Waals surface area contributed by atoms with Crippen molar-refractivity contribution >= 4 is 28.2 Å². The van der Waals surface area contributed by atoms with Crippen molar-refractivity contribution in [3.05, 3.63) is 47.6 Å². The topological polar surface area (TPSA) is 95.1 Å². The van der Waals surface area contributed by atoms with E-state index in [1.165, 1.54) is 11.3 Å². The van der Waals surface area contributed by atoms with Crippen LogP contribution in [0.5, 0.6) is 0 Å². The van der Waals surface area contributed by atoms with Crippen molar-refractivity contribution in [2.24, 2.45) is 0 Å². The summed E-state index contributed by atoms with van der Waals surface area (Å²) in [6, 6.07) is 10.5. The van der Waals surface area contributed by atoms with E-state index in [2.05, 4.69) is 59.0 Å². The lowest BCUT2D eigenvalue weighted by Crippen LogP contribution is -2.23. The molecule has 7 nitrogen and oxygen atoms in total. The number of fused-ring (bicyclic) bond motifs is 1. The smallest absolute Gasteiger partial charge is 0.414 e. The summed E-state index contributed by atoms with van der Waals surface area (Å²) in [5, 5.41) is 16.9. The highest BCUT2D eigenvalue weighted by Gasteiger charge is 2.16. The number of nitrogens with zero attached hydrogens (tertiary/aromatic N) is 3. The predicted octanol–water partition coefficient (Wildman–Crippen LogP) is 3.06. The number of thiazole rings is 1. The minimum Gasteiger partial charge on any atom is -0.473 e. The van der Waals surface area contributed by atoms with Gasteiger partial charge in [-0.3, -0.25) is 9.30 Å². The van der Waals surface area contributed by atoms with Gasteiger partial charge in [-0.15, -0.1) is 11.3 Å². The number of carboxylic acids is 2. The zero-order valence-electron chi connectivity index (χ0n) is 14.6. The first-order valence-corrected chi connectivity index (χ1v) is 9.04. The quantitative estimate of drug-likeness (QED) is 0.666. The maximum absolute atomic E-state index is 9.10. The second-order valence-electron chi connectivity index (χ2n) is 5.40. The third-order valence-corrected chi connectivity index (χ3v) is 4.62. The zero-order chi connectivity index (χ0) is 19.1. The largest absolute Gasteiger partial charge is 0.473 e. The molecule has 0 bridgehead atoms. The first-order valence-electron chi connectivity index (χ1n) is 8.16. The molecular formula is C18H21N3O4S. The van der Waals surface area contributed by atoms with E-state index in [1.807, 2.05) is 6.07 Å². The fourth-order valence-electron chi connectivity index (χ4n) is 2.47. The van der Waals surface area contributed by atoms with Gasteiger partial charge >= 0.3 is 11.9 Å². The van der Waals surface area contributed by atoms with Gasteiger partial charge in [0.25, 0.3) is 0 Å². The van der Waals surface area contributed by atoms with Crippen molar-refractivity contribution in [3.63, 3.8) is 0 Å². The van der Waals surface area contributed by atoms with Crippen LogP contribution in [-0.4, -0.2) is 49.5 Å². The Morgan fingerprint density at radius 2 is 1.73 bits per heavy atom. The van der Waals surface area contributed by atoms with Crippen molar-refractivity contribution in [3.8, 4) is 11.3 Å². The van der Waals surface area contributed by atoms with E-state index in [4.69, 9.17) is 24.8 Å². The van der Waals surface area contributed by atoms with Gasteiger partial charge in [0.2, 0.25) is 0 Å². The summed E-state index contributed by atoms with van der Waals surface area (Å²) in [5.74, 6) is -3.65. The summed E-state index contributed by atoms with van der Waals surface area (Å²) in [4.78, 5) is 26.5. The van der Waals surface area contributed by atoms with Crippen molar-refractivity contribution in [2.45, 2.75) is 20.4 Å². The standard InChI is InChI=1S/C16H19N3S.C2H2O4/c1-3-18(4-2)12-14-15(13-8-6-5-7-9-13)17-16-19(14)10-11-20-16;3-1(4)2(5)6/h5-11H,3-4,12H2,1-2H3;(H,3,4)(H,5,6). The molecule has 3 aromatic rings. The summed E-state index contributed by atoms with van der Waals surface area (Å²) < 4.78 is 2.23. The highest BCUT2D eigenvalue weighted by Crippen LogP contribution is 2.27. The SMILES string of the molecule is CCN(CC)Cc1c(-c2ccccc2)nc2sccn12.O=C(O)C(=O)O. The number of hydrogen-bond acceptors (Lipinski definition) is 5. The second-order valence-corrected chi connectivity index (χ2v) is 6.27. The molecule has 0 aliphatic rings. The van der Waals surface area contributed by atoms with Gasteiger partial charge in [0.1, 0.15) is 0 Å². The van der Waals surface area contributed by atoms with E-state index in [-0.39, 0.29) is 0 Å². The maximum Gasteiger partial charge on any atom is 0.414 e. The molecule has 0 atom stereocenters. The highest BCUT2D eigenvalue weighted by atomic mass is 32.1. The molecule has 8 heteroatoms. The maximum atomic E-state index is 9.10. The first-order chi connectivity index (χ1) is 12.5. The van der Waals surface area contributed by atoms with E-state index < -0.39 is 11.9 Å². The van der Waals surface area contributed by atoms with E-state index in [0.717, 1.165) is 30.3 Å². The van der Waals surface area contributed by atoms with Gasteiger partial charge in [0.05, 0.1) is 11.4 Å². The van der Waals surface area contributed by atoms with Gasteiger partial charge in [-0.1, -0.05) is 44.2 Å². The Balaban J connectivity index is 0.000000352. The highest BCUT2D eigenvalue weighted by molar-refractivity contribution is 7.15. The average molecular weight is 375 g/mol. The molecule has 2 heterocycles. The van der Waals surface area contributed by atoms with Crippen LogP contribution < -0.4 is 0 Å². The van der Waals surface area contributed by atoms with Gasteiger partial charge < -0.3 is 10.2 Å². The normalized spacial score (nSPS) is 10.6. The molecule has 0 saturated heterocycles. The number of imidazole rings is 1. The molecule has 0 amide bonds.